The van der Waals surface area contributed by atoms with Crippen LogP contribution in [0.5, 0.6) is 5.75 Å². The number of nitrogens with zero attached hydrogens (tertiary/aromatic N) is 1. The number of nitrogens with two attached hydrogens (primary N) is 1. The van der Waals surface area contributed by atoms with Crippen molar-refractivity contribution in [1.29, 1.82) is 0 Å². The smallest absolute Gasteiger partial charge is 0.416 e. The highest BCUT2D eigenvalue weighted by atomic mass is 19.4. The quantitative estimate of drug-likeness (QED) is 0.535. The molecule has 3 N–H and O–H groups in total. The van der Waals surface area contributed by atoms with Gasteiger partial charge in [-0.25, -0.2) is 0 Å². The molecule has 11 heteroatoms. The summed E-state index contributed by atoms with van der Waals surface area (Å²) in [5.74, 6) is -1.52. The molecule has 0 saturated heterocycles. The fourth-order valence-electron chi connectivity index (χ4n) is 2.53. The average Bonchev–Trinajstić information content (AvgIpc) is 2.66. The molecular weight excluding hydrogens is 395 g/mol. The number of amides is 2. The van der Waals surface area contributed by atoms with E-state index >= 15 is 0 Å². The van der Waals surface area contributed by atoms with Gasteiger partial charge in [0.15, 0.2) is 0 Å². The molecular formula is C18H16F3N3O5. The number of non-ortho nitro benzene ring substituents is 1. The molecule has 0 saturated carbocycles. The average molecular weight is 411 g/mol. The summed E-state index contributed by atoms with van der Waals surface area (Å²) >= 11 is 0. The maximum absolute atomic E-state index is 12.6. The topological polar surface area (TPSA) is 125 Å². The van der Waals surface area contributed by atoms with Crippen LogP contribution in [-0.4, -0.2) is 29.9 Å². The highest BCUT2D eigenvalue weighted by molar-refractivity contribution is 5.97. The van der Waals surface area contributed by atoms with E-state index in [-0.39, 0.29) is 29.0 Å². The minimum atomic E-state index is -4.55. The number of nitrogens with one attached hydrogen (secondary N) is 1. The van der Waals surface area contributed by atoms with E-state index in [1.165, 1.54) is 25.3 Å². The number of hydrogen-bond acceptors (Lipinski definition) is 5. The number of carbonyl (C=O) groups is 2. The van der Waals surface area contributed by atoms with Crippen molar-refractivity contribution >= 4 is 17.5 Å². The van der Waals surface area contributed by atoms with Crippen molar-refractivity contribution in [3.63, 3.8) is 0 Å². The van der Waals surface area contributed by atoms with Crippen LogP contribution in [-0.2, 0) is 17.4 Å². The standard InChI is InChI=1S/C18H16F3N3O5/c1-29-15-7-6-13(24(27)28)8-11(15)9-14(16(22)25)23-17(26)10-2-4-12(5-3-10)18(19,20)21/h2-8,14H,9H2,1H3,(H2,22,25)(H,23,26)/t14-/m1/s1. The minimum Gasteiger partial charge on any atom is -0.496 e. The highest BCUT2D eigenvalue weighted by Crippen LogP contribution is 2.29. The number of rotatable bonds is 7. The lowest BCUT2D eigenvalue weighted by molar-refractivity contribution is -0.384. The lowest BCUT2D eigenvalue weighted by Crippen LogP contribution is -2.45. The van der Waals surface area contributed by atoms with Crippen molar-refractivity contribution < 1.29 is 32.4 Å². The molecule has 8 nitrogen and oxygen atoms in total. The molecule has 0 aliphatic rings. The zero-order chi connectivity index (χ0) is 21.8. The van der Waals surface area contributed by atoms with Crippen molar-refractivity contribution in [2.45, 2.75) is 18.6 Å². The van der Waals surface area contributed by atoms with E-state index in [4.69, 9.17) is 10.5 Å². The molecule has 1 atom stereocenters. The number of nitro groups is 1. The van der Waals surface area contributed by atoms with Crippen molar-refractivity contribution in [1.82, 2.24) is 5.32 Å². The van der Waals surface area contributed by atoms with Gasteiger partial charge in [-0.3, -0.25) is 19.7 Å². The normalized spacial score (nSPS) is 12.1. The molecule has 0 radical (unpaired) electrons. The van der Waals surface area contributed by atoms with E-state index in [9.17, 15) is 32.9 Å². The maximum Gasteiger partial charge on any atom is 0.416 e. The van der Waals surface area contributed by atoms with Crippen LogP contribution < -0.4 is 15.8 Å². The highest BCUT2D eigenvalue weighted by Gasteiger charge is 2.30. The van der Waals surface area contributed by atoms with Gasteiger partial charge in [-0.1, -0.05) is 0 Å². The predicted molar refractivity (Wildman–Crippen MR) is 95.2 cm³/mol. The monoisotopic (exact) mass is 411 g/mol. The number of alkyl halides is 3. The minimum absolute atomic E-state index is 0.116. The second-order valence-electron chi connectivity index (χ2n) is 5.96. The zero-order valence-electron chi connectivity index (χ0n) is 15.0. The van der Waals surface area contributed by atoms with E-state index in [0.29, 0.717) is 0 Å². The Morgan fingerprint density at radius 3 is 2.31 bits per heavy atom. The molecule has 154 valence electrons. The number of benzene rings is 2. The van der Waals surface area contributed by atoms with Crippen molar-refractivity contribution in [2.75, 3.05) is 7.11 Å². The number of ether oxygens (including phenoxy) is 1. The van der Waals surface area contributed by atoms with Crippen LogP contribution >= 0.6 is 0 Å². The molecule has 2 aromatic carbocycles. The summed E-state index contributed by atoms with van der Waals surface area (Å²) in [5, 5.41) is 13.3. The number of carbonyl (C=O) groups excluding carboxylic acids is 2. The summed E-state index contributed by atoms with van der Waals surface area (Å²) in [6, 6.07) is 5.84. The van der Waals surface area contributed by atoms with Gasteiger partial charge in [0.1, 0.15) is 11.8 Å². The van der Waals surface area contributed by atoms with E-state index in [1.54, 1.807) is 0 Å². The van der Waals surface area contributed by atoms with Crippen LogP contribution in [0.15, 0.2) is 42.5 Å². The Balaban J connectivity index is 2.23. The number of nitro benzene ring substituents is 1. The van der Waals surface area contributed by atoms with Crippen molar-refractivity contribution in [3.8, 4) is 5.75 Å². The summed E-state index contributed by atoms with van der Waals surface area (Å²) in [5.41, 5.74) is 4.26. The van der Waals surface area contributed by atoms with E-state index in [1.807, 2.05) is 0 Å². The van der Waals surface area contributed by atoms with E-state index < -0.39 is 34.5 Å². The van der Waals surface area contributed by atoms with Gasteiger partial charge in [0.05, 0.1) is 17.6 Å². The molecule has 0 heterocycles. The molecule has 0 aliphatic heterocycles. The summed E-state index contributed by atoms with van der Waals surface area (Å²) in [4.78, 5) is 34.4. The van der Waals surface area contributed by atoms with Gasteiger partial charge in [0, 0.05) is 29.7 Å². The fraction of sp³-hybridized carbons (Fsp3) is 0.222. The molecule has 0 aliphatic carbocycles. The molecule has 0 spiro atoms. The summed E-state index contributed by atoms with van der Waals surface area (Å²) in [7, 11) is 1.32. The van der Waals surface area contributed by atoms with Gasteiger partial charge in [0.25, 0.3) is 11.6 Å². The maximum atomic E-state index is 12.6. The first-order valence-electron chi connectivity index (χ1n) is 8.11. The fourth-order valence-corrected chi connectivity index (χ4v) is 2.53. The van der Waals surface area contributed by atoms with Crippen LogP contribution in [0, 0.1) is 10.1 Å². The number of halogens is 3. The van der Waals surface area contributed by atoms with Crippen LogP contribution in [0.1, 0.15) is 21.5 Å². The van der Waals surface area contributed by atoms with Crippen LogP contribution in [0.25, 0.3) is 0 Å². The van der Waals surface area contributed by atoms with Gasteiger partial charge in [-0.15, -0.1) is 0 Å². The summed E-state index contributed by atoms with van der Waals surface area (Å²) in [6.07, 6.45) is -4.77. The Bertz CT molecular complexity index is 929. The number of methoxy groups -OCH3 is 1. The summed E-state index contributed by atoms with van der Waals surface area (Å²) < 4.78 is 43.0. The molecule has 2 rings (SSSR count). The van der Waals surface area contributed by atoms with Gasteiger partial charge in [-0.05, 0) is 30.3 Å². The van der Waals surface area contributed by atoms with Crippen molar-refractivity contribution in [3.05, 3.63) is 69.3 Å². The van der Waals surface area contributed by atoms with Crippen LogP contribution in [0.3, 0.4) is 0 Å². The Morgan fingerprint density at radius 2 is 1.83 bits per heavy atom. The third kappa shape index (κ3) is 5.43. The van der Waals surface area contributed by atoms with Crippen LogP contribution in [0.2, 0.25) is 0 Å². The molecule has 2 amide bonds. The lowest BCUT2D eigenvalue weighted by atomic mass is 10.0. The van der Waals surface area contributed by atoms with Gasteiger partial charge >= 0.3 is 6.18 Å². The van der Waals surface area contributed by atoms with Gasteiger partial charge in [-0.2, -0.15) is 13.2 Å². The zero-order valence-corrected chi connectivity index (χ0v) is 15.0. The number of hydrogen-bond donors (Lipinski definition) is 2. The third-order valence-corrected chi connectivity index (χ3v) is 4.02. The SMILES string of the molecule is COc1ccc([N+](=O)[O-])cc1C[C@@H](NC(=O)c1ccc(C(F)(F)F)cc1)C(N)=O. The Labute approximate surface area is 162 Å². The van der Waals surface area contributed by atoms with E-state index in [2.05, 4.69) is 5.32 Å². The van der Waals surface area contributed by atoms with E-state index in [0.717, 1.165) is 24.3 Å². The molecule has 0 fully saturated rings. The molecule has 0 bridgehead atoms. The Kier molecular flexibility index (Phi) is 6.42. The van der Waals surface area contributed by atoms with Gasteiger partial charge in [0.2, 0.25) is 5.91 Å². The third-order valence-electron chi connectivity index (χ3n) is 4.02. The second-order valence-corrected chi connectivity index (χ2v) is 5.96. The van der Waals surface area contributed by atoms with Crippen LogP contribution in [0.4, 0.5) is 18.9 Å². The molecule has 2 aromatic rings. The lowest BCUT2D eigenvalue weighted by Gasteiger charge is -2.17. The first-order valence-corrected chi connectivity index (χ1v) is 8.11. The first-order chi connectivity index (χ1) is 13.5. The molecule has 0 aromatic heterocycles. The summed E-state index contributed by atoms with van der Waals surface area (Å²) in [6.45, 7) is 0. The largest absolute Gasteiger partial charge is 0.496 e. The predicted octanol–water partition coefficient (Wildman–Crippen LogP) is 2.45. The first kappa shape index (κ1) is 21.7. The second kappa shape index (κ2) is 8.59. The molecule has 29 heavy (non-hydrogen) atoms. The Hall–Kier alpha value is -3.63. The van der Waals surface area contributed by atoms with Crippen molar-refractivity contribution in [2.24, 2.45) is 5.73 Å². The number of primary amides is 1. The molecule has 0 unspecified atom stereocenters. The Morgan fingerprint density at radius 1 is 1.21 bits per heavy atom. The van der Waals surface area contributed by atoms with Gasteiger partial charge < -0.3 is 15.8 Å².